The summed E-state index contributed by atoms with van der Waals surface area (Å²) in [6.45, 7) is 0.714. The molecule has 3 heteroatoms. The number of amides is 1. The van der Waals surface area contributed by atoms with Gasteiger partial charge in [-0.3, -0.25) is 4.79 Å². The molecule has 18 heavy (non-hydrogen) atoms. The van der Waals surface area contributed by atoms with Crippen molar-refractivity contribution in [2.24, 2.45) is 11.7 Å². The van der Waals surface area contributed by atoms with Crippen molar-refractivity contribution in [3.8, 4) is 0 Å². The van der Waals surface area contributed by atoms with Crippen LogP contribution in [0.1, 0.15) is 31.2 Å². The van der Waals surface area contributed by atoms with E-state index in [4.69, 9.17) is 5.73 Å². The smallest absolute Gasteiger partial charge is 0.218 e. The van der Waals surface area contributed by atoms with Crippen LogP contribution >= 0.6 is 0 Å². The Morgan fingerprint density at radius 3 is 2.78 bits per heavy atom. The van der Waals surface area contributed by atoms with Gasteiger partial charge in [0.1, 0.15) is 0 Å². The van der Waals surface area contributed by atoms with Gasteiger partial charge in [-0.2, -0.15) is 0 Å². The fourth-order valence-electron chi connectivity index (χ4n) is 2.85. The van der Waals surface area contributed by atoms with Gasteiger partial charge in [0.25, 0.3) is 0 Å². The van der Waals surface area contributed by atoms with Gasteiger partial charge in [-0.25, -0.2) is 0 Å². The molecule has 2 atom stereocenters. The van der Waals surface area contributed by atoms with Gasteiger partial charge in [0, 0.05) is 19.0 Å². The van der Waals surface area contributed by atoms with E-state index in [1.165, 1.54) is 24.8 Å². The molecule has 0 aromatic heterocycles. The average Bonchev–Trinajstić information content (AvgIpc) is 2.78. The van der Waals surface area contributed by atoms with Crippen molar-refractivity contribution in [1.29, 1.82) is 0 Å². The predicted octanol–water partition coefficient (Wildman–Crippen LogP) is 1.86. The molecule has 1 fully saturated rings. The number of rotatable bonds is 6. The second-order valence-electron chi connectivity index (χ2n) is 5.16. The molecular weight excluding hydrogens is 224 g/mol. The van der Waals surface area contributed by atoms with E-state index in [0.717, 1.165) is 6.42 Å². The monoisotopic (exact) mass is 246 g/mol. The molecule has 1 aromatic carbocycles. The molecule has 0 spiro atoms. The molecule has 98 valence electrons. The Labute approximate surface area is 109 Å². The summed E-state index contributed by atoms with van der Waals surface area (Å²) < 4.78 is 0. The molecular formula is C15H22N2O. The molecule has 0 heterocycles. The van der Waals surface area contributed by atoms with E-state index < -0.39 is 0 Å². The molecule has 0 saturated heterocycles. The number of nitrogens with one attached hydrogen (secondary N) is 1. The van der Waals surface area contributed by atoms with E-state index >= 15 is 0 Å². The lowest BCUT2D eigenvalue weighted by atomic mass is 9.94. The van der Waals surface area contributed by atoms with Crippen LogP contribution in [0.5, 0.6) is 0 Å². The number of benzene rings is 1. The maximum atomic E-state index is 10.7. The first kappa shape index (κ1) is 13.1. The van der Waals surface area contributed by atoms with Crippen LogP contribution in [-0.4, -0.2) is 18.5 Å². The van der Waals surface area contributed by atoms with E-state index in [1.807, 2.05) is 0 Å². The minimum Gasteiger partial charge on any atom is -0.370 e. The predicted molar refractivity (Wildman–Crippen MR) is 73.1 cm³/mol. The van der Waals surface area contributed by atoms with Crippen LogP contribution < -0.4 is 11.1 Å². The van der Waals surface area contributed by atoms with Crippen molar-refractivity contribution in [3.05, 3.63) is 35.9 Å². The van der Waals surface area contributed by atoms with Crippen LogP contribution in [0.3, 0.4) is 0 Å². The first-order chi connectivity index (χ1) is 8.75. The Balaban J connectivity index is 1.82. The number of hydrogen-bond donors (Lipinski definition) is 2. The second-order valence-corrected chi connectivity index (χ2v) is 5.16. The number of nitrogens with two attached hydrogens (primary N) is 1. The van der Waals surface area contributed by atoms with Crippen molar-refractivity contribution in [3.63, 3.8) is 0 Å². The first-order valence-corrected chi connectivity index (χ1v) is 6.81. The highest BCUT2D eigenvalue weighted by atomic mass is 16.1. The molecule has 1 aromatic rings. The van der Waals surface area contributed by atoms with Gasteiger partial charge in [-0.05, 0) is 30.7 Å². The summed E-state index contributed by atoms with van der Waals surface area (Å²) in [5, 5.41) is 3.48. The van der Waals surface area contributed by atoms with E-state index in [0.29, 0.717) is 24.9 Å². The third kappa shape index (κ3) is 3.84. The minimum atomic E-state index is -0.222. The Hall–Kier alpha value is -1.35. The number of carbonyl (C=O) groups is 1. The highest BCUT2D eigenvalue weighted by molar-refractivity contribution is 5.73. The summed E-state index contributed by atoms with van der Waals surface area (Å²) in [4.78, 5) is 10.7. The Kier molecular flexibility index (Phi) is 4.76. The van der Waals surface area contributed by atoms with Crippen molar-refractivity contribution in [1.82, 2.24) is 5.32 Å². The van der Waals surface area contributed by atoms with Crippen LogP contribution in [0, 0.1) is 5.92 Å². The van der Waals surface area contributed by atoms with E-state index in [2.05, 4.69) is 35.6 Å². The molecule has 3 nitrogen and oxygen atoms in total. The summed E-state index contributed by atoms with van der Waals surface area (Å²) in [7, 11) is 0. The molecule has 0 unspecified atom stereocenters. The summed E-state index contributed by atoms with van der Waals surface area (Å²) in [5.41, 5.74) is 6.56. The van der Waals surface area contributed by atoms with Crippen molar-refractivity contribution >= 4 is 5.91 Å². The summed E-state index contributed by atoms with van der Waals surface area (Å²) in [6, 6.07) is 11.2. The standard InChI is InChI=1S/C15H22N2O/c16-15(18)9-10-17-14-8-4-7-13(14)11-12-5-2-1-3-6-12/h1-3,5-6,13-14,17H,4,7-11H2,(H2,16,18)/t13-,14+/m0/s1. The van der Waals surface area contributed by atoms with E-state index in [-0.39, 0.29) is 5.91 Å². The van der Waals surface area contributed by atoms with Crippen molar-refractivity contribution < 1.29 is 4.79 Å². The van der Waals surface area contributed by atoms with E-state index in [1.54, 1.807) is 0 Å². The SMILES string of the molecule is NC(=O)CCN[C@@H]1CCC[C@H]1Cc1ccccc1. The van der Waals surface area contributed by atoms with Gasteiger partial charge >= 0.3 is 0 Å². The minimum absolute atomic E-state index is 0.222. The molecule has 0 bridgehead atoms. The molecule has 3 N–H and O–H groups in total. The van der Waals surface area contributed by atoms with Crippen LogP contribution in [-0.2, 0) is 11.2 Å². The Bertz CT molecular complexity index is 377. The number of carbonyl (C=O) groups excluding carboxylic acids is 1. The van der Waals surface area contributed by atoms with Crippen molar-refractivity contribution in [2.75, 3.05) is 6.54 Å². The molecule has 1 aliphatic carbocycles. The highest BCUT2D eigenvalue weighted by Gasteiger charge is 2.26. The quantitative estimate of drug-likeness (QED) is 0.805. The van der Waals surface area contributed by atoms with Crippen molar-refractivity contribution in [2.45, 2.75) is 38.1 Å². The van der Waals surface area contributed by atoms with Gasteiger partial charge in [-0.1, -0.05) is 36.8 Å². The van der Waals surface area contributed by atoms with Gasteiger partial charge < -0.3 is 11.1 Å². The maximum Gasteiger partial charge on any atom is 0.218 e. The molecule has 1 aliphatic rings. The molecule has 2 rings (SSSR count). The molecule has 1 amide bonds. The third-order valence-corrected chi connectivity index (χ3v) is 3.78. The number of primary amides is 1. The Morgan fingerprint density at radius 2 is 2.06 bits per heavy atom. The number of hydrogen-bond acceptors (Lipinski definition) is 2. The second kappa shape index (κ2) is 6.55. The van der Waals surface area contributed by atoms with Gasteiger partial charge in [-0.15, -0.1) is 0 Å². The normalized spacial score (nSPS) is 23.1. The largest absolute Gasteiger partial charge is 0.370 e. The fraction of sp³-hybridized carbons (Fsp3) is 0.533. The fourth-order valence-corrected chi connectivity index (χ4v) is 2.85. The zero-order valence-electron chi connectivity index (χ0n) is 10.8. The first-order valence-electron chi connectivity index (χ1n) is 6.81. The Morgan fingerprint density at radius 1 is 1.28 bits per heavy atom. The van der Waals surface area contributed by atoms with Gasteiger partial charge in [0.2, 0.25) is 5.91 Å². The summed E-state index contributed by atoms with van der Waals surface area (Å²) in [5.74, 6) is 0.473. The van der Waals surface area contributed by atoms with Crippen LogP contribution in [0.4, 0.5) is 0 Å². The lowest BCUT2D eigenvalue weighted by molar-refractivity contribution is -0.117. The molecule has 0 radical (unpaired) electrons. The van der Waals surface area contributed by atoms with E-state index in [9.17, 15) is 4.79 Å². The van der Waals surface area contributed by atoms with Crippen LogP contribution in [0.25, 0.3) is 0 Å². The van der Waals surface area contributed by atoms with Gasteiger partial charge in [0.15, 0.2) is 0 Å². The maximum absolute atomic E-state index is 10.7. The van der Waals surface area contributed by atoms with Crippen LogP contribution in [0.15, 0.2) is 30.3 Å². The molecule has 1 saturated carbocycles. The highest BCUT2D eigenvalue weighted by Crippen LogP contribution is 2.28. The van der Waals surface area contributed by atoms with Crippen LogP contribution in [0.2, 0.25) is 0 Å². The lowest BCUT2D eigenvalue weighted by Gasteiger charge is -2.21. The molecule has 0 aliphatic heterocycles. The summed E-state index contributed by atoms with van der Waals surface area (Å²) in [6.07, 6.45) is 5.36. The topological polar surface area (TPSA) is 55.1 Å². The summed E-state index contributed by atoms with van der Waals surface area (Å²) >= 11 is 0. The average molecular weight is 246 g/mol. The third-order valence-electron chi connectivity index (χ3n) is 3.78. The lowest BCUT2D eigenvalue weighted by Crippen LogP contribution is -2.35. The van der Waals surface area contributed by atoms with Gasteiger partial charge in [0.05, 0.1) is 0 Å². The zero-order valence-corrected chi connectivity index (χ0v) is 10.8. The zero-order chi connectivity index (χ0) is 12.8.